The summed E-state index contributed by atoms with van der Waals surface area (Å²) >= 11 is 3.63. The molecule has 6 aromatic heterocycles. The molecule has 9 aromatic rings. The lowest BCUT2D eigenvalue weighted by Crippen LogP contribution is -2.25. The standard InChI is InChI=1S/C19H21N3O3S2.C18H20N4O6S3.C17H15F2N3O4S2.5H2/c1-13-18(26-19(20-13)21-14(2)23)16-10-11-17(25-16)27(4,24)22(3)12-15-8-6-5-7-9-15;1-11-17(29-18(20-11)21-12(2)23)15-7-8-16(28-15)31(26,27)19-10-13-5-4-6-14(9-13)22-30(3,24)25;1-9-16(27-17(21-9)22-10(2)23)14-3-4-15(26-14)28(24,25)20-8-11-5-12(18)7-13(19)6-11;;;;;/h5-11H,4,12H2,1-3H3,(H,20,21,23);4-9,19,22H,10H2,1-3H3,(H,20,21,23);3-7,20H,8H2,1-2H3,(H,21,22,23);5*1H. The highest BCUT2D eigenvalue weighted by molar-refractivity contribution is 7.98. The van der Waals surface area contributed by atoms with Crippen LogP contribution in [0.25, 0.3) is 31.9 Å². The van der Waals surface area contributed by atoms with Crippen molar-refractivity contribution >= 4 is 118 Å². The van der Waals surface area contributed by atoms with Crippen LogP contribution in [-0.4, -0.2) is 85.6 Å². The minimum atomic E-state index is -4.04. The number of anilines is 4. The fourth-order valence-corrected chi connectivity index (χ4v) is 14.1. The molecule has 466 valence electrons. The summed E-state index contributed by atoms with van der Waals surface area (Å²) in [6.45, 7) is 9.53. The van der Waals surface area contributed by atoms with Crippen LogP contribution in [0.1, 0.15) is 61.7 Å². The number of rotatable bonds is 20. The molecular formula is C54H66F2N10O13S7. The van der Waals surface area contributed by atoms with Gasteiger partial charge in [-0.3, -0.25) is 19.1 Å². The van der Waals surface area contributed by atoms with E-state index in [-0.39, 0.29) is 59.5 Å². The summed E-state index contributed by atoms with van der Waals surface area (Å²) in [4.78, 5) is 48.2. The quantitative estimate of drug-likeness (QED) is 0.0386. The number of hydrogen-bond acceptors (Lipinski definition) is 19. The summed E-state index contributed by atoms with van der Waals surface area (Å²) in [6.07, 6.45) is 1.03. The number of halogens is 2. The number of carbonyl (C=O) groups is 3. The van der Waals surface area contributed by atoms with Gasteiger partial charge >= 0.3 is 0 Å². The number of nitrogens with zero attached hydrogens (tertiary/aromatic N) is 4. The molecular weight excluding hydrogens is 1260 g/mol. The smallest absolute Gasteiger partial charge is 0.274 e. The van der Waals surface area contributed by atoms with E-state index in [1.165, 1.54) is 73.8 Å². The molecule has 32 heteroatoms. The topological polar surface area (TPSA) is 324 Å². The van der Waals surface area contributed by atoms with Crippen LogP contribution in [0.5, 0.6) is 0 Å². The molecule has 9 rings (SSSR count). The van der Waals surface area contributed by atoms with Crippen molar-refractivity contribution < 1.29 is 73.0 Å². The van der Waals surface area contributed by atoms with Crippen LogP contribution in [0.2, 0.25) is 0 Å². The third-order valence-electron chi connectivity index (χ3n) is 11.3. The Kier molecular flexibility index (Phi) is 21.2. The number of aryl methyl sites for hydroxylation is 3. The van der Waals surface area contributed by atoms with Crippen molar-refractivity contribution in [2.24, 2.45) is 0 Å². The lowest BCUT2D eigenvalue weighted by atomic mass is 10.2. The average molecular weight is 1330 g/mol. The molecule has 0 spiro atoms. The number of nitrogens with one attached hydrogen (secondary N) is 6. The predicted molar refractivity (Wildman–Crippen MR) is 338 cm³/mol. The second kappa shape index (κ2) is 27.7. The summed E-state index contributed by atoms with van der Waals surface area (Å²) in [5.74, 6) is 2.72. The SMILES string of the molecule is C=S(=O)(c1ccc(-c2sc(NC(C)=O)nc2C)o1)N(C)Cc1ccccc1.CC(=O)Nc1nc(C)c(-c2ccc(S(=O)(=O)NCc3cc(F)cc(F)c3)o2)s1.CC(=O)Nc1nc(C)c(-c2ccc(S(=O)(=O)NCc3cccc(NS(C)(=O)=O)c3)o2)s1.[HH].[HH].[HH].[HH].[HH]. The van der Waals surface area contributed by atoms with Crippen LogP contribution in [0.3, 0.4) is 0 Å². The maximum Gasteiger partial charge on any atom is 0.274 e. The van der Waals surface area contributed by atoms with Gasteiger partial charge in [0, 0.05) is 59.3 Å². The molecule has 0 saturated heterocycles. The molecule has 0 aliphatic carbocycles. The average Bonchev–Trinajstić information content (AvgIpc) is 1.77. The predicted octanol–water partition coefficient (Wildman–Crippen LogP) is 11.0. The zero-order chi connectivity index (χ0) is 62.9. The van der Waals surface area contributed by atoms with E-state index in [1.54, 1.807) is 55.5 Å². The van der Waals surface area contributed by atoms with Crippen LogP contribution in [0.4, 0.5) is 29.9 Å². The first-order valence-corrected chi connectivity index (χ1v) is 34.0. The highest BCUT2D eigenvalue weighted by atomic mass is 32.2. The van der Waals surface area contributed by atoms with Crippen LogP contribution in [-0.2, 0) is 73.8 Å². The summed E-state index contributed by atoms with van der Waals surface area (Å²) in [7, 11) is -12.5. The number of aromatic nitrogens is 3. The first kappa shape index (κ1) is 65.7. The van der Waals surface area contributed by atoms with Gasteiger partial charge in [0.05, 0.1) is 47.7 Å². The van der Waals surface area contributed by atoms with E-state index in [0.29, 0.717) is 77.0 Å². The van der Waals surface area contributed by atoms with Crippen LogP contribution in [0, 0.1) is 32.4 Å². The van der Waals surface area contributed by atoms with Crippen LogP contribution >= 0.6 is 34.0 Å². The molecule has 0 aliphatic heterocycles. The monoisotopic (exact) mass is 1320 g/mol. The molecule has 1 atom stereocenters. The van der Waals surface area contributed by atoms with Crippen molar-refractivity contribution in [2.75, 3.05) is 34.0 Å². The summed E-state index contributed by atoms with van der Waals surface area (Å²) < 4.78 is 138. The van der Waals surface area contributed by atoms with Gasteiger partial charge in [-0.05, 0) is 111 Å². The Morgan fingerprint density at radius 1 is 0.547 bits per heavy atom. The molecule has 0 fully saturated rings. The van der Waals surface area contributed by atoms with Gasteiger partial charge in [-0.25, -0.2) is 66.9 Å². The van der Waals surface area contributed by atoms with E-state index in [0.717, 1.165) is 45.9 Å². The Morgan fingerprint density at radius 3 is 1.36 bits per heavy atom. The van der Waals surface area contributed by atoms with Gasteiger partial charge in [-0.2, -0.15) is 0 Å². The van der Waals surface area contributed by atoms with Gasteiger partial charge < -0.3 is 29.2 Å². The van der Waals surface area contributed by atoms with Gasteiger partial charge in [0.15, 0.2) is 20.5 Å². The minimum Gasteiger partial charge on any atom is -0.446 e. The number of furan rings is 3. The molecule has 0 saturated carbocycles. The number of amides is 3. The fourth-order valence-electron chi connectivity index (χ4n) is 7.54. The third-order valence-corrected chi connectivity index (χ3v) is 19.7. The lowest BCUT2D eigenvalue weighted by Gasteiger charge is -2.20. The van der Waals surface area contributed by atoms with E-state index >= 15 is 0 Å². The molecule has 1 unspecified atom stereocenters. The van der Waals surface area contributed by atoms with E-state index < -0.39 is 51.4 Å². The Balaban J connectivity index is 0.000000454. The zero-order valence-corrected chi connectivity index (χ0v) is 52.6. The van der Waals surface area contributed by atoms with Crippen molar-refractivity contribution in [1.82, 2.24) is 28.7 Å². The first-order chi connectivity index (χ1) is 40.3. The second-order valence-corrected chi connectivity index (χ2v) is 29.1. The van der Waals surface area contributed by atoms with Gasteiger partial charge in [0.2, 0.25) is 37.9 Å². The normalized spacial score (nSPS) is 12.3. The van der Waals surface area contributed by atoms with Crippen molar-refractivity contribution in [3.8, 4) is 31.9 Å². The molecule has 0 radical (unpaired) electrons. The summed E-state index contributed by atoms with van der Waals surface area (Å²) in [5.41, 5.74) is 3.95. The highest BCUT2D eigenvalue weighted by Crippen LogP contribution is 2.38. The number of hydrogen-bond donors (Lipinski definition) is 6. The Morgan fingerprint density at radius 2 is 0.942 bits per heavy atom. The van der Waals surface area contributed by atoms with Crippen LogP contribution in [0.15, 0.2) is 138 Å². The number of carbonyl (C=O) groups excluding carboxylic acids is 3. The lowest BCUT2D eigenvalue weighted by molar-refractivity contribution is -0.115. The number of thiazole rings is 3. The summed E-state index contributed by atoms with van der Waals surface area (Å²) in [5, 5.41) is 8.75. The maximum absolute atomic E-state index is 13.2. The summed E-state index contributed by atoms with van der Waals surface area (Å²) in [6, 6.07) is 27.9. The largest absolute Gasteiger partial charge is 0.446 e. The molecule has 6 heterocycles. The molecule has 3 aromatic carbocycles. The highest BCUT2D eigenvalue weighted by Gasteiger charge is 2.25. The van der Waals surface area contributed by atoms with Gasteiger partial charge in [0.25, 0.3) is 20.0 Å². The molecule has 6 N–H and O–H groups in total. The van der Waals surface area contributed by atoms with Gasteiger partial charge in [-0.15, -0.1) is 0 Å². The molecule has 3 amide bonds. The molecule has 23 nitrogen and oxygen atoms in total. The van der Waals surface area contributed by atoms with Crippen LogP contribution < -0.4 is 30.1 Å². The van der Waals surface area contributed by atoms with Gasteiger partial charge in [0.1, 0.15) is 28.9 Å². The van der Waals surface area contributed by atoms with Crippen molar-refractivity contribution in [3.05, 3.63) is 155 Å². The Labute approximate surface area is 514 Å². The fraction of sp³-hybridized carbons (Fsp3) is 0.204. The third kappa shape index (κ3) is 18.1. The van der Waals surface area contributed by atoms with Crippen molar-refractivity contribution in [2.45, 2.75) is 76.5 Å². The first-order valence-electron chi connectivity index (χ1n) is 25.0. The molecule has 0 bridgehead atoms. The van der Waals surface area contributed by atoms with Crippen molar-refractivity contribution in [3.63, 3.8) is 0 Å². The minimum absolute atomic E-state index is 0. The molecule has 86 heavy (non-hydrogen) atoms. The Hall–Kier alpha value is -7.79. The van der Waals surface area contributed by atoms with E-state index in [9.17, 15) is 52.6 Å². The Bertz CT molecular complexity index is 4410. The maximum atomic E-state index is 13.2. The second-order valence-electron chi connectivity index (χ2n) is 18.6. The molecule has 0 aliphatic rings. The van der Waals surface area contributed by atoms with E-state index in [2.05, 4.69) is 50.9 Å². The van der Waals surface area contributed by atoms with Crippen molar-refractivity contribution in [1.29, 1.82) is 0 Å². The number of sulfonamides is 3. The van der Waals surface area contributed by atoms with Gasteiger partial charge in [-0.1, -0.05) is 76.5 Å². The number of benzene rings is 3. The van der Waals surface area contributed by atoms with E-state index in [1.807, 2.05) is 37.3 Å². The van der Waals surface area contributed by atoms with E-state index in [4.69, 9.17) is 13.3 Å². The zero-order valence-electron chi connectivity index (χ0n) is 46.9.